The topological polar surface area (TPSA) is 41.1 Å². The molecule has 92 valence electrons. The molecule has 0 aliphatic heterocycles. The lowest BCUT2D eigenvalue weighted by Crippen LogP contribution is -2.42. The number of halogens is 3. The summed E-state index contributed by atoms with van der Waals surface area (Å²) in [6.07, 6.45) is 2.99. The van der Waals surface area contributed by atoms with Crippen molar-refractivity contribution in [3.05, 3.63) is 28.2 Å². The van der Waals surface area contributed by atoms with Gasteiger partial charge in [0.15, 0.2) is 0 Å². The first kappa shape index (κ1) is 12.3. The second kappa shape index (κ2) is 5.00. The largest absolute Gasteiger partial charge is 0.335 e. The van der Waals surface area contributed by atoms with Gasteiger partial charge in [0.2, 0.25) is 0 Å². The Bertz CT molecular complexity index is 449. The minimum atomic E-state index is -0.797. The van der Waals surface area contributed by atoms with Crippen molar-refractivity contribution in [1.82, 2.24) is 5.32 Å². The van der Waals surface area contributed by atoms with Gasteiger partial charge in [-0.2, -0.15) is 0 Å². The van der Waals surface area contributed by atoms with Crippen LogP contribution < -0.4 is 10.6 Å². The van der Waals surface area contributed by atoms with Crippen LogP contribution in [0.25, 0.3) is 0 Å². The summed E-state index contributed by atoms with van der Waals surface area (Å²) in [6, 6.07) is 1.63. The number of anilines is 1. The fraction of sp³-hybridized carbons (Fsp3) is 0.364. The van der Waals surface area contributed by atoms with E-state index in [0.717, 1.165) is 25.3 Å². The van der Waals surface area contributed by atoms with E-state index in [1.165, 1.54) is 6.07 Å². The molecule has 6 heteroatoms. The van der Waals surface area contributed by atoms with Crippen molar-refractivity contribution < 1.29 is 13.6 Å². The van der Waals surface area contributed by atoms with E-state index in [2.05, 4.69) is 26.6 Å². The van der Waals surface area contributed by atoms with Crippen molar-refractivity contribution in [2.75, 3.05) is 5.32 Å². The highest BCUT2D eigenvalue weighted by molar-refractivity contribution is 9.10. The SMILES string of the molecule is O=C(Nc1cc(Br)c(F)cc1F)NC1CCC1. The Morgan fingerprint density at radius 3 is 2.59 bits per heavy atom. The molecule has 0 radical (unpaired) electrons. The average Bonchev–Trinajstić information content (AvgIpc) is 2.20. The molecule has 0 bridgehead atoms. The summed E-state index contributed by atoms with van der Waals surface area (Å²) in [6.45, 7) is 0. The number of nitrogens with one attached hydrogen (secondary N) is 2. The van der Waals surface area contributed by atoms with Crippen LogP contribution in [0.4, 0.5) is 19.3 Å². The Balaban J connectivity index is 2.02. The highest BCUT2D eigenvalue weighted by Crippen LogP contribution is 2.24. The summed E-state index contributed by atoms with van der Waals surface area (Å²) in [4.78, 5) is 11.5. The molecule has 17 heavy (non-hydrogen) atoms. The zero-order chi connectivity index (χ0) is 12.4. The normalized spacial score (nSPS) is 15.2. The van der Waals surface area contributed by atoms with Crippen molar-refractivity contribution in [2.45, 2.75) is 25.3 Å². The predicted octanol–water partition coefficient (Wildman–Crippen LogP) is 3.40. The molecule has 1 aliphatic rings. The molecule has 1 aromatic carbocycles. The molecule has 0 aromatic heterocycles. The van der Waals surface area contributed by atoms with Crippen LogP contribution in [0.2, 0.25) is 0 Å². The molecule has 0 heterocycles. The Kier molecular flexibility index (Phi) is 3.61. The Labute approximate surface area is 106 Å². The molecule has 1 aromatic rings. The third kappa shape index (κ3) is 2.94. The summed E-state index contributed by atoms with van der Waals surface area (Å²) in [5, 5.41) is 5.06. The van der Waals surface area contributed by atoms with Crippen LogP contribution in [-0.4, -0.2) is 12.1 Å². The molecule has 2 N–H and O–H groups in total. The minimum absolute atomic E-state index is 0.0462. The van der Waals surface area contributed by atoms with E-state index in [-0.39, 0.29) is 16.2 Å². The van der Waals surface area contributed by atoms with Crippen molar-refractivity contribution in [3.8, 4) is 0 Å². The standard InChI is InChI=1S/C11H11BrF2N2O/c12-7-4-10(9(14)5-8(7)13)16-11(17)15-6-2-1-3-6/h4-6H,1-3H2,(H2,15,16,17). The highest BCUT2D eigenvalue weighted by Gasteiger charge is 2.20. The molecule has 1 fully saturated rings. The number of carbonyl (C=O) groups excluding carboxylic acids is 1. The van der Waals surface area contributed by atoms with Gasteiger partial charge in [-0.15, -0.1) is 0 Å². The van der Waals surface area contributed by atoms with Gasteiger partial charge in [-0.25, -0.2) is 13.6 Å². The van der Waals surface area contributed by atoms with Gasteiger partial charge in [-0.1, -0.05) is 0 Å². The van der Waals surface area contributed by atoms with Gasteiger partial charge in [0, 0.05) is 12.1 Å². The van der Waals surface area contributed by atoms with Crippen molar-refractivity contribution in [2.24, 2.45) is 0 Å². The maximum atomic E-state index is 13.3. The molecule has 1 aliphatic carbocycles. The van der Waals surface area contributed by atoms with Crippen LogP contribution in [0.15, 0.2) is 16.6 Å². The number of urea groups is 1. The fourth-order valence-electron chi connectivity index (χ4n) is 1.51. The van der Waals surface area contributed by atoms with Gasteiger partial charge in [0.25, 0.3) is 0 Å². The molecule has 0 saturated heterocycles. The zero-order valence-electron chi connectivity index (χ0n) is 8.90. The van der Waals surface area contributed by atoms with Crippen LogP contribution in [0.3, 0.4) is 0 Å². The van der Waals surface area contributed by atoms with Gasteiger partial charge in [0.05, 0.1) is 10.2 Å². The quantitative estimate of drug-likeness (QED) is 0.808. The van der Waals surface area contributed by atoms with Crippen molar-refractivity contribution in [1.29, 1.82) is 0 Å². The summed E-state index contributed by atoms with van der Waals surface area (Å²) >= 11 is 2.93. The number of benzene rings is 1. The van der Waals surface area contributed by atoms with Gasteiger partial charge >= 0.3 is 6.03 Å². The molecule has 0 spiro atoms. The van der Waals surface area contributed by atoms with Gasteiger partial charge in [-0.3, -0.25) is 0 Å². The molecule has 3 nitrogen and oxygen atoms in total. The maximum Gasteiger partial charge on any atom is 0.319 e. The van der Waals surface area contributed by atoms with E-state index in [4.69, 9.17) is 0 Å². The fourth-order valence-corrected chi connectivity index (χ4v) is 1.86. The average molecular weight is 305 g/mol. The van der Waals surface area contributed by atoms with E-state index in [1.807, 2.05) is 0 Å². The molecule has 2 rings (SSSR count). The summed E-state index contributed by atoms with van der Waals surface area (Å²) in [5.74, 6) is -1.50. The minimum Gasteiger partial charge on any atom is -0.335 e. The number of amides is 2. The molecule has 0 atom stereocenters. The lowest BCUT2D eigenvalue weighted by Gasteiger charge is -2.26. The maximum absolute atomic E-state index is 13.3. The third-order valence-electron chi connectivity index (χ3n) is 2.70. The van der Waals surface area contributed by atoms with Crippen LogP contribution in [0.1, 0.15) is 19.3 Å². The molecular formula is C11H11BrF2N2O. The van der Waals surface area contributed by atoms with Crippen LogP contribution >= 0.6 is 15.9 Å². The molecule has 1 saturated carbocycles. The first-order valence-electron chi connectivity index (χ1n) is 5.28. The number of rotatable bonds is 2. The van der Waals surface area contributed by atoms with E-state index in [1.54, 1.807) is 0 Å². The lowest BCUT2D eigenvalue weighted by atomic mass is 9.93. The first-order chi connectivity index (χ1) is 8.06. The summed E-state index contributed by atoms with van der Waals surface area (Å²) < 4.78 is 26.4. The van der Waals surface area contributed by atoms with Crippen LogP contribution in [-0.2, 0) is 0 Å². The lowest BCUT2D eigenvalue weighted by molar-refractivity contribution is 0.240. The Hall–Kier alpha value is -1.17. The number of hydrogen-bond donors (Lipinski definition) is 2. The molecule has 2 amide bonds. The number of carbonyl (C=O) groups is 1. The Morgan fingerprint density at radius 1 is 1.29 bits per heavy atom. The van der Waals surface area contributed by atoms with Crippen LogP contribution in [0, 0.1) is 11.6 Å². The highest BCUT2D eigenvalue weighted by atomic mass is 79.9. The number of hydrogen-bond acceptors (Lipinski definition) is 1. The second-order valence-electron chi connectivity index (χ2n) is 3.97. The smallest absolute Gasteiger partial charge is 0.319 e. The van der Waals surface area contributed by atoms with Crippen molar-refractivity contribution in [3.63, 3.8) is 0 Å². The predicted molar refractivity (Wildman–Crippen MR) is 63.9 cm³/mol. The summed E-state index contributed by atoms with van der Waals surface area (Å²) in [5.41, 5.74) is -0.0462. The summed E-state index contributed by atoms with van der Waals surface area (Å²) in [7, 11) is 0. The van der Waals surface area contributed by atoms with Gasteiger partial charge < -0.3 is 10.6 Å². The Morgan fingerprint density at radius 2 is 2.00 bits per heavy atom. The van der Waals surface area contributed by atoms with Gasteiger partial charge in [0.1, 0.15) is 11.6 Å². The van der Waals surface area contributed by atoms with E-state index >= 15 is 0 Å². The van der Waals surface area contributed by atoms with Crippen LogP contribution in [0.5, 0.6) is 0 Å². The van der Waals surface area contributed by atoms with E-state index in [0.29, 0.717) is 0 Å². The first-order valence-corrected chi connectivity index (χ1v) is 6.07. The van der Waals surface area contributed by atoms with Crippen molar-refractivity contribution >= 4 is 27.6 Å². The molecular weight excluding hydrogens is 294 g/mol. The second-order valence-corrected chi connectivity index (χ2v) is 4.83. The van der Waals surface area contributed by atoms with Gasteiger partial charge in [-0.05, 0) is 41.3 Å². The monoisotopic (exact) mass is 304 g/mol. The third-order valence-corrected chi connectivity index (χ3v) is 3.31. The zero-order valence-corrected chi connectivity index (χ0v) is 10.5. The molecule has 0 unspecified atom stereocenters. The van der Waals surface area contributed by atoms with E-state index < -0.39 is 17.7 Å². The van der Waals surface area contributed by atoms with E-state index in [9.17, 15) is 13.6 Å².